The molecule has 0 radical (unpaired) electrons. The number of carboxylic acids is 1. The van der Waals surface area contributed by atoms with Gasteiger partial charge in [-0.15, -0.1) is 11.3 Å². The Balaban J connectivity index is 2.05. The van der Waals surface area contributed by atoms with E-state index in [1.165, 1.54) is 11.3 Å². The molecule has 1 aromatic heterocycles. The fourth-order valence-electron chi connectivity index (χ4n) is 2.43. The Hall–Kier alpha value is -2.66. The first-order chi connectivity index (χ1) is 11.7. The molecular formula is C19H16NO3S-. The molecule has 0 aliphatic rings. The van der Waals surface area contributed by atoms with Crippen LogP contribution in [0.25, 0.3) is 21.8 Å². The summed E-state index contributed by atoms with van der Waals surface area (Å²) in [5.74, 6) is -0.335. The van der Waals surface area contributed by atoms with Gasteiger partial charge in [-0.2, -0.15) is 0 Å². The number of aromatic nitrogens is 1. The molecule has 0 saturated heterocycles. The van der Waals surface area contributed by atoms with Gasteiger partial charge in [-0.3, -0.25) is 0 Å². The minimum absolute atomic E-state index is 0.146. The molecule has 0 spiro atoms. The van der Waals surface area contributed by atoms with Crippen molar-refractivity contribution in [1.29, 1.82) is 0 Å². The van der Waals surface area contributed by atoms with Crippen molar-refractivity contribution in [3.63, 3.8) is 0 Å². The number of hydrogen-bond acceptors (Lipinski definition) is 5. The van der Waals surface area contributed by atoms with Crippen molar-refractivity contribution >= 4 is 17.3 Å². The molecule has 2 aromatic carbocycles. The molecule has 0 N–H and O–H groups in total. The Labute approximate surface area is 144 Å². The molecule has 0 aliphatic carbocycles. The molecule has 122 valence electrons. The number of ether oxygens (including phenoxy) is 1. The molecule has 3 aromatic rings. The van der Waals surface area contributed by atoms with Gasteiger partial charge in [-0.05, 0) is 19.1 Å². The molecule has 0 saturated carbocycles. The summed E-state index contributed by atoms with van der Waals surface area (Å²) < 4.78 is 5.53. The fraction of sp³-hybridized carbons (Fsp3) is 0.158. The molecule has 4 nitrogen and oxygen atoms in total. The highest BCUT2D eigenvalue weighted by atomic mass is 32.1. The summed E-state index contributed by atoms with van der Waals surface area (Å²) in [6.45, 7) is 2.52. The molecule has 0 amide bonds. The quantitative estimate of drug-likeness (QED) is 0.692. The smallest absolute Gasteiger partial charge is 0.124 e. The molecule has 0 aliphatic heterocycles. The van der Waals surface area contributed by atoms with Crippen LogP contribution in [0.1, 0.15) is 11.8 Å². The van der Waals surface area contributed by atoms with Crippen molar-refractivity contribution in [2.75, 3.05) is 6.61 Å². The number of thiazole rings is 1. The molecule has 1 heterocycles. The second-order valence-electron chi connectivity index (χ2n) is 5.17. The largest absolute Gasteiger partial charge is 0.550 e. The summed E-state index contributed by atoms with van der Waals surface area (Å²) in [6, 6.07) is 17.2. The van der Waals surface area contributed by atoms with Crippen molar-refractivity contribution < 1.29 is 14.6 Å². The molecule has 0 bridgehead atoms. The first-order valence-corrected chi connectivity index (χ1v) is 8.47. The number of benzene rings is 2. The van der Waals surface area contributed by atoms with E-state index in [2.05, 4.69) is 4.98 Å². The van der Waals surface area contributed by atoms with Gasteiger partial charge in [0.25, 0.3) is 0 Å². The monoisotopic (exact) mass is 338 g/mol. The van der Waals surface area contributed by atoms with E-state index >= 15 is 0 Å². The molecule has 3 rings (SSSR count). The lowest BCUT2D eigenvalue weighted by Gasteiger charge is -2.03. The van der Waals surface area contributed by atoms with Crippen molar-refractivity contribution in [3.8, 4) is 27.6 Å². The van der Waals surface area contributed by atoms with Crippen LogP contribution in [0.5, 0.6) is 5.75 Å². The SMILES string of the molecule is CCOc1cccc(-c2nc(-c3ccccc3)c(CC(=O)[O-])s2)c1. The van der Waals surface area contributed by atoms with Crippen LogP contribution >= 0.6 is 11.3 Å². The van der Waals surface area contributed by atoms with Crippen LogP contribution in [0.2, 0.25) is 0 Å². The number of nitrogens with zero attached hydrogens (tertiary/aromatic N) is 1. The van der Waals surface area contributed by atoms with Crippen LogP contribution in [-0.2, 0) is 11.2 Å². The highest BCUT2D eigenvalue weighted by molar-refractivity contribution is 7.15. The molecule has 0 unspecified atom stereocenters. The second-order valence-corrected chi connectivity index (χ2v) is 6.25. The van der Waals surface area contributed by atoms with Crippen molar-refractivity contribution in [2.45, 2.75) is 13.3 Å². The minimum Gasteiger partial charge on any atom is -0.550 e. The summed E-state index contributed by atoms with van der Waals surface area (Å²) in [6.07, 6.45) is -0.146. The average Bonchev–Trinajstić information content (AvgIpc) is 2.99. The summed E-state index contributed by atoms with van der Waals surface area (Å²) in [5, 5.41) is 11.9. The summed E-state index contributed by atoms with van der Waals surface area (Å²) in [4.78, 5) is 16.5. The maximum absolute atomic E-state index is 11.1. The summed E-state index contributed by atoms with van der Waals surface area (Å²) in [5.41, 5.74) is 2.51. The van der Waals surface area contributed by atoms with E-state index in [1.54, 1.807) is 0 Å². The number of aliphatic carboxylic acids is 1. The molecule has 0 atom stereocenters. The third kappa shape index (κ3) is 3.63. The first kappa shape index (κ1) is 16.2. The van der Waals surface area contributed by atoms with Crippen LogP contribution in [0.15, 0.2) is 54.6 Å². The van der Waals surface area contributed by atoms with Crippen LogP contribution in [0, 0.1) is 0 Å². The van der Waals surface area contributed by atoms with E-state index in [4.69, 9.17) is 4.74 Å². The topological polar surface area (TPSA) is 62.2 Å². The van der Waals surface area contributed by atoms with E-state index in [-0.39, 0.29) is 6.42 Å². The standard InChI is InChI=1S/C19H17NO3S/c1-2-23-15-10-6-9-14(11-15)19-20-18(13-7-4-3-5-8-13)16(24-19)12-17(21)22/h3-11H,2,12H2,1H3,(H,21,22)/p-1. The van der Waals surface area contributed by atoms with Crippen LogP contribution in [-0.4, -0.2) is 17.6 Å². The lowest BCUT2D eigenvalue weighted by atomic mass is 10.1. The van der Waals surface area contributed by atoms with E-state index in [1.807, 2.05) is 61.5 Å². The van der Waals surface area contributed by atoms with Gasteiger partial charge >= 0.3 is 0 Å². The van der Waals surface area contributed by atoms with Gasteiger partial charge in [0.15, 0.2) is 0 Å². The third-order valence-electron chi connectivity index (χ3n) is 3.44. The van der Waals surface area contributed by atoms with Crippen molar-refractivity contribution in [2.24, 2.45) is 0 Å². The van der Waals surface area contributed by atoms with Gasteiger partial charge in [0, 0.05) is 28.4 Å². The number of carbonyl (C=O) groups excluding carboxylic acids is 1. The van der Waals surface area contributed by atoms with Crippen molar-refractivity contribution in [3.05, 3.63) is 59.5 Å². The summed E-state index contributed by atoms with van der Waals surface area (Å²) in [7, 11) is 0. The third-order valence-corrected chi connectivity index (χ3v) is 4.55. The molecule has 24 heavy (non-hydrogen) atoms. The van der Waals surface area contributed by atoms with Crippen LogP contribution < -0.4 is 9.84 Å². The lowest BCUT2D eigenvalue weighted by Crippen LogP contribution is -2.24. The Kier molecular flexibility index (Phi) is 4.91. The van der Waals surface area contributed by atoms with Crippen LogP contribution in [0.3, 0.4) is 0 Å². The van der Waals surface area contributed by atoms with Gasteiger partial charge in [0.05, 0.1) is 12.3 Å². The number of carboxylic acid groups (broad SMARTS) is 1. The van der Waals surface area contributed by atoms with Crippen molar-refractivity contribution in [1.82, 2.24) is 4.98 Å². The van der Waals surface area contributed by atoms with E-state index < -0.39 is 5.97 Å². The Morgan fingerprint density at radius 1 is 1.12 bits per heavy atom. The molecule has 0 fully saturated rings. The second kappa shape index (κ2) is 7.27. The van der Waals surface area contributed by atoms with Gasteiger partial charge in [-0.25, -0.2) is 4.98 Å². The Bertz CT molecular complexity index is 843. The maximum Gasteiger partial charge on any atom is 0.124 e. The van der Waals surface area contributed by atoms with E-state index in [0.29, 0.717) is 17.2 Å². The highest BCUT2D eigenvalue weighted by Crippen LogP contribution is 2.35. The van der Waals surface area contributed by atoms with Gasteiger partial charge in [0.2, 0.25) is 0 Å². The number of rotatable bonds is 6. The Morgan fingerprint density at radius 3 is 2.58 bits per heavy atom. The number of hydrogen-bond donors (Lipinski definition) is 0. The summed E-state index contributed by atoms with van der Waals surface area (Å²) >= 11 is 1.38. The lowest BCUT2D eigenvalue weighted by molar-refractivity contribution is -0.304. The first-order valence-electron chi connectivity index (χ1n) is 7.65. The Morgan fingerprint density at radius 2 is 1.88 bits per heavy atom. The van der Waals surface area contributed by atoms with Gasteiger partial charge in [-0.1, -0.05) is 42.5 Å². The van der Waals surface area contributed by atoms with Gasteiger partial charge in [0.1, 0.15) is 10.8 Å². The predicted octanol–water partition coefficient (Wildman–Crippen LogP) is 3.17. The maximum atomic E-state index is 11.1. The molecular weight excluding hydrogens is 322 g/mol. The van der Waals surface area contributed by atoms with Gasteiger partial charge < -0.3 is 14.6 Å². The minimum atomic E-state index is -1.11. The zero-order valence-corrected chi connectivity index (χ0v) is 14.0. The fourth-order valence-corrected chi connectivity index (χ4v) is 3.50. The zero-order chi connectivity index (χ0) is 16.9. The average molecular weight is 338 g/mol. The zero-order valence-electron chi connectivity index (χ0n) is 13.2. The van der Waals surface area contributed by atoms with Crippen LogP contribution in [0.4, 0.5) is 0 Å². The van der Waals surface area contributed by atoms with E-state index in [9.17, 15) is 9.90 Å². The number of carbonyl (C=O) groups is 1. The van der Waals surface area contributed by atoms with E-state index in [0.717, 1.165) is 21.9 Å². The predicted molar refractivity (Wildman–Crippen MR) is 92.9 cm³/mol. The normalized spacial score (nSPS) is 10.5. The highest BCUT2D eigenvalue weighted by Gasteiger charge is 2.15. The molecule has 5 heteroatoms.